The zero-order valence-electron chi connectivity index (χ0n) is 17.0. The van der Waals surface area contributed by atoms with Crippen molar-refractivity contribution in [2.24, 2.45) is 5.73 Å². The molecule has 10 nitrogen and oxygen atoms in total. The van der Waals surface area contributed by atoms with E-state index in [1.165, 1.54) is 18.6 Å². The molecule has 1 fully saturated rings. The summed E-state index contributed by atoms with van der Waals surface area (Å²) in [5, 5.41) is 12.0. The molecule has 0 bridgehead atoms. The number of hydrogen-bond donors (Lipinski definition) is 2. The highest BCUT2D eigenvalue weighted by Crippen LogP contribution is 2.25. The molecule has 0 radical (unpaired) electrons. The SMILES string of the molecule is N#Cc1cnc(N2CC[C@@H](Nc3cc(Cc4cnccn4)ncc3C(N)=O)[C@@H](F)C2)cn1. The van der Waals surface area contributed by atoms with Gasteiger partial charge in [-0.05, 0) is 12.5 Å². The van der Waals surface area contributed by atoms with Gasteiger partial charge in [-0.15, -0.1) is 0 Å². The van der Waals surface area contributed by atoms with E-state index in [-0.39, 0.29) is 17.8 Å². The molecule has 0 unspecified atom stereocenters. The average molecular weight is 433 g/mol. The van der Waals surface area contributed by atoms with Gasteiger partial charge in [0.15, 0.2) is 5.69 Å². The number of primary amides is 1. The first kappa shape index (κ1) is 21.0. The van der Waals surface area contributed by atoms with Crippen molar-refractivity contribution in [3.63, 3.8) is 0 Å². The van der Waals surface area contributed by atoms with Gasteiger partial charge in [0.25, 0.3) is 5.91 Å². The summed E-state index contributed by atoms with van der Waals surface area (Å²) in [5.41, 5.74) is 7.70. The largest absolute Gasteiger partial charge is 0.378 e. The van der Waals surface area contributed by atoms with Crippen LogP contribution in [0.2, 0.25) is 0 Å². The first-order valence-corrected chi connectivity index (χ1v) is 9.95. The van der Waals surface area contributed by atoms with E-state index in [2.05, 4.69) is 30.2 Å². The number of piperidine rings is 1. The molecule has 1 aliphatic rings. The fraction of sp³-hybridized carbons (Fsp3) is 0.286. The van der Waals surface area contributed by atoms with Crippen molar-refractivity contribution in [2.75, 3.05) is 23.3 Å². The highest BCUT2D eigenvalue weighted by molar-refractivity contribution is 5.98. The molecule has 0 aromatic carbocycles. The van der Waals surface area contributed by atoms with Gasteiger partial charge in [-0.25, -0.2) is 14.4 Å². The van der Waals surface area contributed by atoms with Crippen LogP contribution in [0.25, 0.3) is 0 Å². The predicted octanol–water partition coefficient (Wildman–Crippen LogP) is 1.25. The average Bonchev–Trinajstić information content (AvgIpc) is 2.81. The molecule has 3 aromatic rings. The summed E-state index contributed by atoms with van der Waals surface area (Å²) < 4.78 is 15.0. The number of halogens is 1. The van der Waals surface area contributed by atoms with Crippen LogP contribution >= 0.6 is 0 Å². The van der Waals surface area contributed by atoms with Crippen LogP contribution in [0.1, 0.15) is 33.9 Å². The van der Waals surface area contributed by atoms with E-state index in [0.717, 1.165) is 5.69 Å². The number of alkyl halides is 1. The smallest absolute Gasteiger partial charge is 0.252 e. The van der Waals surface area contributed by atoms with Gasteiger partial charge in [-0.1, -0.05) is 0 Å². The number of nitrogens with one attached hydrogen (secondary N) is 1. The third kappa shape index (κ3) is 4.75. The zero-order chi connectivity index (χ0) is 22.5. The standard InChI is InChI=1S/C21H20FN9O/c22-17-12-31(20-11-28-15(7-23)9-29-20)4-1-18(17)30-19-6-13(27-10-16(19)21(24)32)5-14-8-25-2-3-26-14/h2-3,6,8-11,17-18H,1,4-5,12H2,(H2,24,32)(H,27,30)/t17-,18+/m0/s1. The lowest BCUT2D eigenvalue weighted by atomic mass is 10.0. The van der Waals surface area contributed by atoms with E-state index in [9.17, 15) is 4.79 Å². The number of nitriles is 1. The summed E-state index contributed by atoms with van der Waals surface area (Å²) in [7, 11) is 0. The molecule has 4 heterocycles. The summed E-state index contributed by atoms with van der Waals surface area (Å²) in [5.74, 6) is -0.134. The Hall–Kier alpha value is -4.20. The van der Waals surface area contributed by atoms with Crippen LogP contribution in [0.4, 0.5) is 15.9 Å². The van der Waals surface area contributed by atoms with Crippen LogP contribution in [-0.4, -0.2) is 56.1 Å². The van der Waals surface area contributed by atoms with E-state index >= 15 is 4.39 Å². The molecular formula is C21H20FN9O. The van der Waals surface area contributed by atoms with E-state index in [4.69, 9.17) is 11.0 Å². The fourth-order valence-corrected chi connectivity index (χ4v) is 3.54. The lowest BCUT2D eigenvalue weighted by molar-refractivity contribution is 0.100. The van der Waals surface area contributed by atoms with Crippen LogP contribution in [0.5, 0.6) is 0 Å². The van der Waals surface area contributed by atoms with Crippen LogP contribution in [-0.2, 0) is 6.42 Å². The Kier molecular flexibility index (Phi) is 6.12. The number of carbonyl (C=O) groups is 1. The summed E-state index contributed by atoms with van der Waals surface area (Å²) in [4.78, 5) is 34.4. The molecule has 0 spiro atoms. The normalized spacial score (nSPS) is 18.1. The minimum atomic E-state index is -1.24. The van der Waals surface area contributed by atoms with Gasteiger partial charge in [-0.3, -0.25) is 19.7 Å². The second-order valence-corrected chi connectivity index (χ2v) is 7.33. The van der Waals surface area contributed by atoms with Crippen molar-refractivity contribution in [3.05, 3.63) is 65.9 Å². The first-order valence-electron chi connectivity index (χ1n) is 9.95. The monoisotopic (exact) mass is 433 g/mol. The van der Waals surface area contributed by atoms with Gasteiger partial charge < -0.3 is 16.0 Å². The number of aromatic nitrogens is 5. The Morgan fingerprint density at radius 1 is 1.19 bits per heavy atom. The number of amides is 1. The maximum absolute atomic E-state index is 15.0. The van der Waals surface area contributed by atoms with Crippen LogP contribution < -0.4 is 16.0 Å². The van der Waals surface area contributed by atoms with Gasteiger partial charge in [-0.2, -0.15) is 5.26 Å². The third-order valence-electron chi connectivity index (χ3n) is 5.16. The molecule has 2 atom stereocenters. The minimum absolute atomic E-state index is 0.0989. The molecule has 32 heavy (non-hydrogen) atoms. The summed E-state index contributed by atoms with van der Waals surface area (Å²) >= 11 is 0. The van der Waals surface area contributed by atoms with E-state index in [0.29, 0.717) is 36.6 Å². The second kappa shape index (κ2) is 9.30. The minimum Gasteiger partial charge on any atom is -0.378 e. The van der Waals surface area contributed by atoms with Crippen molar-refractivity contribution in [1.82, 2.24) is 24.9 Å². The zero-order valence-corrected chi connectivity index (χ0v) is 17.0. The highest BCUT2D eigenvalue weighted by Gasteiger charge is 2.31. The Morgan fingerprint density at radius 3 is 2.72 bits per heavy atom. The molecule has 0 saturated carbocycles. The molecule has 1 amide bonds. The maximum atomic E-state index is 15.0. The molecule has 11 heteroatoms. The number of pyridine rings is 1. The number of carbonyl (C=O) groups excluding carboxylic acids is 1. The molecular weight excluding hydrogens is 413 g/mol. The van der Waals surface area contributed by atoms with Crippen molar-refractivity contribution in [1.29, 1.82) is 5.26 Å². The Balaban J connectivity index is 1.48. The Labute approximate surface area is 183 Å². The van der Waals surface area contributed by atoms with Crippen molar-refractivity contribution < 1.29 is 9.18 Å². The number of hydrogen-bond acceptors (Lipinski definition) is 9. The van der Waals surface area contributed by atoms with Crippen LogP contribution in [0, 0.1) is 11.3 Å². The molecule has 4 rings (SSSR count). The van der Waals surface area contributed by atoms with Gasteiger partial charge in [0, 0.05) is 43.4 Å². The number of rotatable bonds is 6. The lowest BCUT2D eigenvalue weighted by Crippen LogP contribution is -2.48. The van der Waals surface area contributed by atoms with Crippen molar-refractivity contribution in [3.8, 4) is 6.07 Å². The topological polar surface area (TPSA) is 147 Å². The number of nitrogens with two attached hydrogens (primary N) is 1. The first-order chi connectivity index (χ1) is 15.5. The summed E-state index contributed by atoms with van der Waals surface area (Å²) in [6.45, 7) is 0.629. The van der Waals surface area contributed by atoms with Crippen molar-refractivity contribution >= 4 is 17.4 Å². The highest BCUT2D eigenvalue weighted by atomic mass is 19.1. The van der Waals surface area contributed by atoms with E-state index in [1.807, 2.05) is 6.07 Å². The molecule has 3 N–H and O–H groups in total. The maximum Gasteiger partial charge on any atom is 0.252 e. The van der Waals surface area contributed by atoms with Gasteiger partial charge >= 0.3 is 0 Å². The fourth-order valence-electron chi connectivity index (χ4n) is 3.54. The van der Waals surface area contributed by atoms with Crippen LogP contribution in [0.3, 0.4) is 0 Å². The molecule has 3 aromatic heterocycles. The number of anilines is 2. The second-order valence-electron chi connectivity index (χ2n) is 7.33. The molecule has 1 saturated heterocycles. The van der Waals surface area contributed by atoms with Gasteiger partial charge in [0.05, 0.1) is 41.9 Å². The van der Waals surface area contributed by atoms with Crippen LogP contribution in [0.15, 0.2) is 43.2 Å². The lowest BCUT2D eigenvalue weighted by Gasteiger charge is -2.36. The van der Waals surface area contributed by atoms with Crippen molar-refractivity contribution in [2.45, 2.75) is 25.1 Å². The van der Waals surface area contributed by atoms with Gasteiger partial charge in [0.1, 0.15) is 18.1 Å². The quantitative estimate of drug-likeness (QED) is 0.586. The van der Waals surface area contributed by atoms with E-state index in [1.54, 1.807) is 29.6 Å². The Morgan fingerprint density at radius 2 is 2.06 bits per heavy atom. The van der Waals surface area contributed by atoms with Gasteiger partial charge in [0.2, 0.25) is 0 Å². The summed E-state index contributed by atoms with van der Waals surface area (Å²) in [6.07, 6.45) is 8.66. The summed E-state index contributed by atoms with van der Waals surface area (Å²) in [6, 6.07) is 3.08. The predicted molar refractivity (Wildman–Crippen MR) is 113 cm³/mol. The molecule has 162 valence electrons. The van der Waals surface area contributed by atoms with E-state index < -0.39 is 18.1 Å². The Bertz CT molecular complexity index is 1130. The molecule has 1 aliphatic heterocycles. The molecule has 0 aliphatic carbocycles. The number of nitrogens with zero attached hydrogens (tertiary/aromatic N) is 7. The third-order valence-corrected chi connectivity index (χ3v) is 5.16.